The normalized spacial score (nSPS) is 15.9. The summed E-state index contributed by atoms with van der Waals surface area (Å²) in [6.07, 6.45) is 3.84. The summed E-state index contributed by atoms with van der Waals surface area (Å²) in [4.78, 5) is 0. The molecule has 3 rings (SSSR count). The van der Waals surface area contributed by atoms with Gasteiger partial charge in [-0.1, -0.05) is 19.1 Å². The predicted molar refractivity (Wildman–Crippen MR) is 86.6 cm³/mol. The van der Waals surface area contributed by atoms with Crippen molar-refractivity contribution in [3.05, 3.63) is 52.4 Å². The summed E-state index contributed by atoms with van der Waals surface area (Å²) in [5, 5.41) is 3.54. The molecule has 21 heavy (non-hydrogen) atoms. The monoisotopic (exact) mass is 349 g/mol. The van der Waals surface area contributed by atoms with Gasteiger partial charge in [0.25, 0.3) is 0 Å². The topological polar surface area (TPSA) is 34.4 Å². The molecular formula is C17H20BrNO2. The van der Waals surface area contributed by atoms with Crippen LogP contribution in [0, 0.1) is 0 Å². The molecule has 0 radical (unpaired) electrons. The molecule has 1 unspecified atom stereocenters. The molecule has 1 aromatic carbocycles. The highest BCUT2D eigenvalue weighted by atomic mass is 79.9. The summed E-state index contributed by atoms with van der Waals surface area (Å²) in [5.74, 6) is 1.86. The minimum absolute atomic E-state index is 0.0546. The highest BCUT2D eigenvalue weighted by Gasteiger charge is 2.24. The van der Waals surface area contributed by atoms with Gasteiger partial charge in [-0.2, -0.15) is 0 Å². The van der Waals surface area contributed by atoms with Crippen LogP contribution >= 0.6 is 15.9 Å². The number of halogens is 1. The first-order chi connectivity index (χ1) is 10.3. The smallest absolute Gasteiger partial charge is 0.169 e. The van der Waals surface area contributed by atoms with Crippen LogP contribution in [0.4, 0.5) is 0 Å². The number of hydrogen-bond acceptors (Lipinski definition) is 3. The maximum atomic E-state index is 5.89. The maximum Gasteiger partial charge on any atom is 0.169 e. The van der Waals surface area contributed by atoms with E-state index in [1.54, 1.807) is 0 Å². The molecule has 1 atom stereocenters. The fraction of sp³-hybridized carbons (Fsp3) is 0.412. The number of furan rings is 1. The van der Waals surface area contributed by atoms with Gasteiger partial charge in [0, 0.05) is 0 Å². The summed E-state index contributed by atoms with van der Waals surface area (Å²) < 4.78 is 12.4. The van der Waals surface area contributed by atoms with E-state index in [9.17, 15) is 0 Å². The minimum Gasteiger partial charge on any atom is -0.490 e. The molecule has 1 saturated carbocycles. The maximum absolute atomic E-state index is 5.89. The van der Waals surface area contributed by atoms with Crippen molar-refractivity contribution in [3.8, 4) is 5.75 Å². The molecular weight excluding hydrogens is 330 g/mol. The van der Waals surface area contributed by atoms with Crippen molar-refractivity contribution in [2.45, 2.75) is 38.3 Å². The van der Waals surface area contributed by atoms with Crippen LogP contribution in [0.15, 0.2) is 45.5 Å². The Bertz CT molecular complexity index is 592. The fourth-order valence-electron chi connectivity index (χ4n) is 2.30. The van der Waals surface area contributed by atoms with Crippen LogP contribution in [0.5, 0.6) is 5.75 Å². The van der Waals surface area contributed by atoms with Gasteiger partial charge >= 0.3 is 0 Å². The quantitative estimate of drug-likeness (QED) is 0.788. The molecule has 1 heterocycles. The Kier molecular flexibility index (Phi) is 4.66. The third-order valence-electron chi connectivity index (χ3n) is 3.50. The van der Waals surface area contributed by atoms with E-state index in [1.807, 2.05) is 24.3 Å². The van der Waals surface area contributed by atoms with Crippen LogP contribution in [-0.2, 0) is 0 Å². The molecule has 3 nitrogen and oxygen atoms in total. The Morgan fingerprint density at radius 2 is 2.19 bits per heavy atom. The van der Waals surface area contributed by atoms with E-state index in [0.717, 1.165) is 29.1 Å². The molecule has 0 bridgehead atoms. The van der Waals surface area contributed by atoms with Gasteiger partial charge < -0.3 is 14.5 Å². The van der Waals surface area contributed by atoms with Gasteiger partial charge in [0.15, 0.2) is 4.67 Å². The Labute approximate surface area is 133 Å². The molecule has 0 spiro atoms. The lowest BCUT2D eigenvalue weighted by atomic mass is 10.0. The van der Waals surface area contributed by atoms with Crippen LogP contribution in [-0.4, -0.2) is 12.6 Å². The Morgan fingerprint density at radius 3 is 2.86 bits per heavy atom. The lowest BCUT2D eigenvalue weighted by Crippen LogP contribution is -2.22. The molecule has 1 aliphatic carbocycles. The fourth-order valence-corrected chi connectivity index (χ4v) is 2.62. The summed E-state index contributed by atoms with van der Waals surface area (Å²) in [7, 11) is 0. The standard InChI is InChI=1S/C17H20BrNO2/c1-2-10-19-17(15-8-9-16(18)21-15)12-4-3-5-14(11-12)20-13-6-7-13/h3-5,8-9,11,13,17,19H,2,6-7,10H2,1H3. The largest absolute Gasteiger partial charge is 0.490 e. The Balaban J connectivity index is 1.83. The van der Waals surface area contributed by atoms with Crippen molar-refractivity contribution in [2.75, 3.05) is 6.54 Å². The molecule has 1 fully saturated rings. The van der Waals surface area contributed by atoms with E-state index in [4.69, 9.17) is 9.15 Å². The van der Waals surface area contributed by atoms with Gasteiger partial charge in [-0.05, 0) is 71.6 Å². The van der Waals surface area contributed by atoms with E-state index in [0.29, 0.717) is 6.10 Å². The van der Waals surface area contributed by atoms with Crippen molar-refractivity contribution in [3.63, 3.8) is 0 Å². The van der Waals surface area contributed by atoms with E-state index >= 15 is 0 Å². The van der Waals surface area contributed by atoms with Crippen molar-refractivity contribution in [1.29, 1.82) is 0 Å². The van der Waals surface area contributed by atoms with Crippen LogP contribution in [0.1, 0.15) is 43.6 Å². The second kappa shape index (κ2) is 6.67. The number of rotatable bonds is 7. The zero-order chi connectivity index (χ0) is 14.7. The highest BCUT2D eigenvalue weighted by molar-refractivity contribution is 9.10. The van der Waals surface area contributed by atoms with Crippen molar-refractivity contribution in [2.24, 2.45) is 0 Å². The average molecular weight is 350 g/mol. The molecule has 4 heteroatoms. The summed E-state index contributed by atoms with van der Waals surface area (Å²) in [6, 6.07) is 12.3. The predicted octanol–water partition coefficient (Wildman–Crippen LogP) is 4.67. The molecule has 1 aromatic heterocycles. The van der Waals surface area contributed by atoms with E-state index in [2.05, 4.69) is 40.3 Å². The van der Waals surface area contributed by atoms with Gasteiger partial charge in [-0.25, -0.2) is 0 Å². The second-order valence-corrected chi connectivity index (χ2v) is 6.20. The lowest BCUT2D eigenvalue weighted by molar-refractivity contribution is 0.302. The minimum atomic E-state index is 0.0546. The first kappa shape index (κ1) is 14.7. The number of benzene rings is 1. The molecule has 1 N–H and O–H groups in total. The molecule has 112 valence electrons. The third-order valence-corrected chi connectivity index (χ3v) is 3.92. The second-order valence-electron chi connectivity index (χ2n) is 5.42. The van der Waals surface area contributed by atoms with E-state index in [-0.39, 0.29) is 6.04 Å². The Morgan fingerprint density at radius 1 is 1.33 bits per heavy atom. The van der Waals surface area contributed by atoms with Crippen LogP contribution in [0.25, 0.3) is 0 Å². The summed E-state index contributed by atoms with van der Waals surface area (Å²) in [5.41, 5.74) is 1.17. The number of ether oxygens (including phenoxy) is 1. The average Bonchev–Trinajstić information content (AvgIpc) is 3.19. The van der Waals surface area contributed by atoms with Gasteiger partial charge in [0.05, 0.1) is 12.1 Å². The van der Waals surface area contributed by atoms with Crippen LogP contribution < -0.4 is 10.1 Å². The SMILES string of the molecule is CCCNC(c1cccc(OC2CC2)c1)c1ccc(Br)o1. The van der Waals surface area contributed by atoms with Gasteiger partial charge in [-0.15, -0.1) is 0 Å². The summed E-state index contributed by atoms with van der Waals surface area (Å²) >= 11 is 3.38. The van der Waals surface area contributed by atoms with E-state index < -0.39 is 0 Å². The first-order valence-corrected chi connectivity index (χ1v) is 8.31. The van der Waals surface area contributed by atoms with Gasteiger partial charge in [0.2, 0.25) is 0 Å². The summed E-state index contributed by atoms with van der Waals surface area (Å²) in [6.45, 7) is 3.10. The molecule has 0 aliphatic heterocycles. The van der Waals surface area contributed by atoms with Gasteiger partial charge in [-0.3, -0.25) is 0 Å². The number of hydrogen-bond donors (Lipinski definition) is 1. The van der Waals surface area contributed by atoms with Crippen molar-refractivity contribution >= 4 is 15.9 Å². The van der Waals surface area contributed by atoms with Crippen molar-refractivity contribution < 1.29 is 9.15 Å². The third kappa shape index (κ3) is 3.89. The molecule has 1 aliphatic rings. The molecule has 0 amide bonds. The van der Waals surface area contributed by atoms with E-state index in [1.165, 1.54) is 18.4 Å². The van der Waals surface area contributed by atoms with Crippen LogP contribution in [0.2, 0.25) is 0 Å². The zero-order valence-electron chi connectivity index (χ0n) is 12.1. The van der Waals surface area contributed by atoms with Crippen molar-refractivity contribution in [1.82, 2.24) is 5.32 Å². The van der Waals surface area contributed by atoms with Crippen LogP contribution in [0.3, 0.4) is 0 Å². The number of nitrogens with one attached hydrogen (secondary N) is 1. The lowest BCUT2D eigenvalue weighted by Gasteiger charge is -2.17. The highest BCUT2D eigenvalue weighted by Crippen LogP contribution is 2.31. The molecule has 2 aromatic rings. The van der Waals surface area contributed by atoms with Gasteiger partial charge in [0.1, 0.15) is 11.5 Å². The Hall–Kier alpha value is -1.26. The zero-order valence-corrected chi connectivity index (χ0v) is 13.7. The first-order valence-electron chi connectivity index (χ1n) is 7.51. The molecule has 0 saturated heterocycles.